The molecular formula is C26H34O8. The van der Waals surface area contributed by atoms with Gasteiger partial charge in [-0.15, -0.1) is 0 Å². The van der Waals surface area contributed by atoms with Crippen LogP contribution in [-0.4, -0.2) is 55.0 Å². The third-order valence-corrected chi connectivity index (χ3v) is 5.22. The molecule has 0 fully saturated rings. The number of carboxylic acids is 1. The van der Waals surface area contributed by atoms with E-state index in [1.54, 1.807) is 37.3 Å². The number of phenolic OH excluding ortho intramolecular Hbond substituents is 1. The van der Waals surface area contributed by atoms with Gasteiger partial charge in [-0.1, -0.05) is 19.4 Å². The molecule has 2 aromatic carbocycles. The molecule has 0 bridgehead atoms. The number of phenols is 1. The molecule has 2 rings (SSSR count). The van der Waals surface area contributed by atoms with E-state index in [1.807, 2.05) is 6.92 Å². The van der Waals surface area contributed by atoms with Gasteiger partial charge in [-0.3, -0.25) is 4.79 Å². The van der Waals surface area contributed by atoms with Crippen molar-refractivity contribution in [3.05, 3.63) is 47.0 Å². The average molecular weight is 475 g/mol. The van der Waals surface area contributed by atoms with Gasteiger partial charge in [0.15, 0.2) is 23.4 Å². The lowest BCUT2D eigenvalue weighted by molar-refractivity contribution is -0.149. The summed E-state index contributed by atoms with van der Waals surface area (Å²) in [5.41, 5.74) is 1.69. The van der Waals surface area contributed by atoms with Gasteiger partial charge in [0, 0.05) is 25.0 Å². The van der Waals surface area contributed by atoms with Crippen LogP contribution in [0.2, 0.25) is 0 Å². The van der Waals surface area contributed by atoms with Crippen LogP contribution in [0.4, 0.5) is 0 Å². The van der Waals surface area contributed by atoms with Crippen molar-refractivity contribution in [3.8, 4) is 23.0 Å². The Hall–Kier alpha value is -3.26. The second-order valence-electron chi connectivity index (χ2n) is 7.77. The lowest BCUT2D eigenvalue weighted by atomic mass is 10.0. The van der Waals surface area contributed by atoms with Crippen molar-refractivity contribution in [2.24, 2.45) is 0 Å². The molecule has 186 valence electrons. The minimum Gasteiger partial charge on any atom is -0.507 e. The van der Waals surface area contributed by atoms with Crippen LogP contribution in [0.3, 0.4) is 0 Å². The molecule has 0 amide bonds. The number of methoxy groups -OCH3 is 1. The molecule has 8 heteroatoms. The standard InChI is InChI=1S/C26H34O8/c1-5-8-20-21(12-10-19(17(3)27)25(20)28)33-13-7-14-34-23-15-18(9-11-22(23)31-4)16-24(26(29)30)32-6-2/h9-12,15,24,28H,5-8,13-14,16H2,1-4H3,(H,29,30). The van der Waals surface area contributed by atoms with Gasteiger partial charge in [0.05, 0.1) is 25.9 Å². The van der Waals surface area contributed by atoms with Gasteiger partial charge in [-0.05, 0) is 50.1 Å². The first-order valence-electron chi connectivity index (χ1n) is 11.4. The number of benzene rings is 2. The molecule has 1 unspecified atom stereocenters. The van der Waals surface area contributed by atoms with Crippen LogP contribution in [0.1, 0.15) is 55.1 Å². The highest BCUT2D eigenvalue weighted by molar-refractivity contribution is 5.97. The minimum atomic E-state index is -1.01. The summed E-state index contributed by atoms with van der Waals surface area (Å²) in [5, 5.41) is 19.8. The summed E-state index contributed by atoms with van der Waals surface area (Å²) in [6.45, 7) is 6.17. The van der Waals surface area contributed by atoms with Crippen molar-refractivity contribution in [2.45, 2.75) is 52.6 Å². The van der Waals surface area contributed by atoms with Crippen molar-refractivity contribution < 1.29 is 38.7 Å². The van der Waals surface area contributed by atoms with Gasteiger partial charge in [-0.25, -0.2) is 4.79 Å². The number of ketones is 1. The van der Waals surface area contributed by atoms with Crippen molar-refractivity contribution in [3.63, 3.8) is 0 Å². The first-order chi connectivity index (χ1) is 16.3. The fourth-order valence-corrected chi connectivity index (χ4v) is 3.55. The van der Waals surface area contributed by atoms with Crippen LogP contribution in [0.15, 0.2) is 30.3 Å². The first-order valence-corrected chi connectivity index (χ1v) is 11.4. The zero-order valence-electron chi connectivity index (χ0n) is 20.3. The molecule has 2 aromatic rings. The SMILES string of the molecule is CCCc1c(OCCCOc2cc(CC(OCC)C(=O)O)ccc2OC)ccc(C(C)=O)c1O. The fraction of sp³-hybridized carbons (Fsp3) is 0.462. The van der Waals surface area contributed by atoms with Crippen molar-refractivity contribution in [2.75, 3.05) is 26.9 Å². The molecule has 0 aliphatic rings. The molecule has 0 aromatic heterocycles. The van der Waals surface area contributed by atoms with Crippen LogP contribution < -0.4 is 14.2 Å². The summed E-state index contributed by atoms with van der Waals surface area (Å²) in [5.74, 6) is 0.388. The van der Waals surface area contributed by atoms with Gasteiger partial charge < -0.3 is 29.2 Å². The maximum absolute atomic E-state index is 11.7. The number of carboxylic acid groups (broad SMARTS) is 1. The van der Waals surface area contributed by atoms with Gasteiger partial charge in [0.1, 0.15) is 11.5 Å². The second kappa shape index (κ2) is 13.4. The number of ether oxygens (including phenoxy) is 4. The Morgan fingerprint density at radius 1 is 1.00 bits per heavy atom. The fourth-order valence-electron chi connectivity index (χ4n) is 3.55. The number of carbonyl (C=O) groups is 2. The van der Waals surface area contributed by atoms with Crippen LogP contribution in [0.5, 0.6) is 23.0 Å². The van der Waals surface area contributed by atoms with Crippen molar-refractivity contribution in [1.82, 2.24) is 0 Å². The molecule has 1 atom stereocenters. The predicted octanol–water partition coefficient (Wildman–Crippen LogP) is 4.44. The first kappa shape index (κ1) is 27.0. The summed E-state index contributed by atoms with van der Waals surface area (Å²) in [7, 11) is 1.54. The number of aliphatic carboxylic acids is 1. The Morgan fingerprint density at radius 2 is 1.68 bits per heavy atom. The normalized spacial score (nSPS) is 11.6. The zero-order chi connectivity index (χ0) is 25.1. The molecule has 8 nitrogen and oxygen atoms in total. The highest BCUT2D eigenvalue weighted by Gasteiger charge is 2.19. The molecule has 0 aliphatic heterocycles. The number of Topliss-reactive ketones (excluding diaryl/α,β-unsaturated/α-hetero) is 1. The van der Waals surface area contributed by atoms with Crippen LogP contribution in [0, 0.1) is 0 Å². The quantitative estimate of drug-likeness (QED) is 0.288. The number of hydrogen-bond donors (Lipinski definition) is 2. The maximum Gasteiger partial charge on any atom is 0.333 e. The molecule has 0 saturated carbocycles. The number of hydrogen-bond acceptors (Lipinski definition) is 7. The molecule has 0 saturated heterocycles. The second-order valence-corrected chi connectivity index (χ2v) is 7.77. The van der Waals surface area contributed by atoms with Crippen LogP contribution in [-0.2, 0) is 22.4 Å². The van der Waals surface area contributed by atoms with Gasteiger partial charge in [0.2, 0.25) is 0 Å². The Bertz CT molecular complexity index is 970. The number of rotatable bonds is 15. The Labute approximate surface area is 200 Å². The molecule has 0 radical (unpaired) electrons. The van der Waals surface area contributed by atoms with E-state index in [-0.39, 0.29) is 18.0 Å². The van der Waals surface area contributed by atoms with E-state index in [1.165, 1.54) is 14.0 Å². The summed E-state index contributed by atoms with van der Waals surface area (Å²) >= 11 is 0. The van der Waals surface area contributed by atoms with Crippen LogP contribution in [0.25, 0.3) is 0 Å². The Kier molecular flexibility index (Phi) is 10.7. The van der Waals surface area contributed by atoms with Crippen molar-refractivity contribution in [1.29, 1.82) is 0 Å². The van der Waals surface area contributed by atoms with Crippen molar-refractivity contribution >= 4 is 11.8 Å². The molecular weight excluding hydrogens is 440 g/mol. The Morgan fingerprint density at radius 3 is 2.26 bits per heavy atom. The molecule has 0 aliphatic carbocycles. The summed E-state index contributed by atoms with van der Waals surface area (Å²) in [6.07, 6.45) is 1.25. The third-order valence-electron chi connectivity index (χ3n) is 5.22. The third kappa shape index (κ3) is 7.38. The summed E-state index contributed by atoms with van der Waals surface area (Å²) < 4.78 is 22.4. The zero-order valence-corrected chi connectivity index (χ0v) is 20.3. The smallest absolute Gasteiger partial charge is 0.333 e. The van der Waals surface area contributed by atoms with E-state index in [0.29, 0.717) is 61.0 Å². The van der Waals surface area contributed by atoms with Crippen LogP contribution >= 0.6 is 0 Å². The van der Waals surface area contributed by atoms with E-state index in [9.17, 15) is 19.8 Å². The lowest BCUT2D eigenvalue weighted by Gasteiger charge is -2.16. The summed E-state index contributed by atoms with van der Waals surface area (Å²) in [6, 6.07) is 8.57. The van der Waals surface area contributed by atoms with Gasteiger partial charge in [-0.2, -0.15) is 0 Å². The highest BCUT2D eigenvalue weighted by Crippen LogP contribution is 2.33. The highest BCUT2D eigenvalue weighted by atomic mass is 16.5. The number of aromatic hydroxyl groups is 1. The monoisotopic (exact) mass is 474 g/mol. The maximum atomic E-state index is 11.7. The van der Waals surface area contributed by atoms with Gasteiger partial charge >= 0.3 is 5.97 Å². The molecule has 34 heavy (non-hydrogen) atoms. The Balaban J connectivity index is 1.99. The van der Waals surface area contributed by atoms with E-state index in [2.05, 4.69) is 0 Å². The minimum absolute atomic E-state index is 0.0173. The molecule has 2 N–H and O–H groups in total. The van der Waals surface area contributed by atoms with E-state index in [0.717, 1.165) is 12.0 Å². The molecule has 0 spiro atoms. The van der Waals surface area contributed by atoms with Gasteiger partial charge in [0.25, 0.3) is 0 Å². The average Bonchev–Trinajstić information content (AvgIpc) is 2.80. The largest absolute Gasteiger partial charge is 0.507 e. The number of carbonyl (C=O) groups excluding carboxylic acids is 1. The molecule has 0 heterocycles. The van der Waals surface area contributed by atoms with E-state index >= 15 is 0 Å². The summed E-state index contributed by atoms with van der Waals surface area (Å²) in [4.78, 5) is 23.1. The van der Waals surface area contributed by atoms with E-state index in [4.69, 9.17) is 18.9 Å². The topological polar surface area (TPSA) is 112 Å². The predicted molar refractivity (Wildman–Crippen MR) is 127 cm³/mol. The van der Waals surface area contributed by atoms with E-state index < -0.39 is 12.1 Å². The lowest BCUT2D eigenvalue weighted by Crippen LogP contribution is -2.26.